The molecule has 0 bridgehead atoms. The van der Waals surface area contributed by atoms with Gasteiger partial charge in [0.2, 0.25) is 0 Å². The number of nitro groups is 1. The average Bonchev–Trinajstić information content (AvgIpc) is 2.38. The Labute approximate surface area is 110 Å². The molecule has 2 rings (SSSR count). The summed E-state index contributed by atoms with van der Waals surface area (Å²) in [6, 6.07) is 15.3. The van der Waals surface area contributed by atoms with Gasteiger partial charge >= 0.3 is 0 Å². The summed E-state index contributed by atoms with van der Waals surface area (Å²) in [4.78, 5) is 11.4. The van der Waals surface area contributed by atoms with Gasteiger partial charge in [-0.15, -0.1) is 11.8 Å². The lowest BCUT2D eigenvalue weighted by atomic mass is 10.2. The topological polar surface area (TPSA) is 43.1 Å². The van der Waals surface area contributed by atoms with E-state index in [4.69, 9.17) is 0 Å². The zero-order valence-corrected chi connectivity index (χ0v) is 10.8. The quantitative estimate of drug-likeness (QED) is 0.469. The molecule has 0 spiro atoms. The Morgan fingerprint density at radius 3 is 2.56 bits per heavy atom. The van der Waals surface area contributed by atoms with Gasteiger partial charge in [-0.1, -0.05) is 36.4 Å². The van der Waals surface area contributed by atoms with E-state index in [-0.39, 0.29) is 10.6 Å². The lowest BCUT2D eigenvalue weighted by molar-refractivity contribution is -0.387. The van der Waals surface area contributed by atoms with Crippen molar-refractivity contribution >= 4 is 17.4 Å². The SMILES string of the molecule is Cc1ccc(SCc2ccccc2)c([N+](=O)[O-])c1. The molecule has 0 aliphatic carbocycles. The van der Waals surface area contributed by atoms with Crippen molar-refractivity contribution in [3.05, 3.63) is 69.8 Å². The molecule has 3 nitrogen and oxygen atoms in total. The zero-order valence-electron chi connectivity index (χ0n) is 10.00. The molecule has 0 heterocycles. The summed E-state index contributed by atoms with van der Waals surface area (Å²) >= 11 is 1.50. The fourth-order valence-corrected chi connectivity index (χ4v) is 2.59. The molecule has 2 aromatic rings. The second-order valence-corrected chi connectivity index (χ2v) is 5.02. The van der Waals surface area contributed by atoms with Crippen LogP contribution in [0.15, 0.2) is 53.4 Å². The van der Waals surface area contributed by atoms with Crippen molar-refractivity contribution in [1.29, 1.82) is 0 Å². The fourth-order valence-electron chi connectivity index (χ4n) is 1.63. The number of rotatable bonds is 4. The summed E-state index contributed by atoms with van der Waals surface area (Å²) < 4.78 is 0. The van der Waals surface area contributed by atoms with Gasteiger partial charge in [-0.2, -0.15) is 0 Å². The zero-order chi connectivity index (χ0) is 13.0. The van der Waals surface area contributed by atoms with Gasteiger partial charge in [0.25, 0.3) is 5.69 Å². The third-order valence-electron chi connectivity index (χ3n) is 2.55. The first-order valence-corrected chi connectivity index (χ1v) is 6.57. The van der Waals surface area contributed by atoms with Crippen LogP contribution in [0.5, 0.6) is 0 Å². The lowest BCUT2D eigenvalue weighted by Gasteiger charge is -2.04. The van der Waals surface area contributed by atoms with E-state index < -0.39 is 0 Å². The second kappa shape index (κ2) is 5.69. The van der Waals surface area contributed by atoms with E-state index in [9.17, 15) is 10.1 Å². The molecule has 0 atom stereocenters. The molecule has 4 heteroatoms. The van der Waals surface area contributed by atoms with Crippen molar-refractivity contribution in [2.24, 2.45) is 0 Å². The van der Waals surface area contributed by atoms with Crippen molar-refractivity contribution in [3.63, 3.8) is 0 Å². The highest BCUT2D eigenvalue weighted by atomic mass is 32.2. The van der Waals surface area contributed by atoms with Gasteiger partial charge in [0.05, 0.1) is 9.82 Å². The number of thioether (sulfide) groups is 1. The van der Waals surface area contributed by atoms with E-state index in [2.05, 4.69) is 0 Å². The minimum atomic E-state index is -0.319. The molecule has 18 heavy (non-hydrogen) atoms. The van der Waals surface area contributed by atoms with Gasteiger partial charge in [-0.25, -0.2) is 0 Å². The van der Waals surface area contributed by atoms with Crippen molar-refractivity contribution in [3.8, 4) is 0 Å². The van der Waals surface area contributed by atoms with E-state index in [1.165, 1.54) is 11.8 Å². The van der Waals surface area contributed by atoms with E-state index >= 15 is 0 Å². The van der Waals surface area contributed by atoms with Crippen LogP contribution in [0.4, 0.5) is 5.69 Å². The summed E-state index contributed by atoms with van der Waals surface area (Å²) in [6.07, 6.45) is 0. The van der Waals surface area contributed by atoms with Gasteiger partial charge < -0.3 is 0 Å². The van der Waals surface area contributed by atoms with Crippen LogP contribution in [0.3, 0.4) is 0 Å². The highest BCUT2D eigenvalue weighted by Crippen LogP contribution is 2.32. The summed E-state index contributed by atoms with van der Waals surface area (Å²) in [6.45, 7) is 1.86. The highest BCUT2D eigenvalue weighted by Gasteiger charge is 2.13. The van der Waals surface area contributed by atoms with Crippen molar-refractivity contribution in [2.45, 2.75) is 17.6 Å². The Kier molecular flexibility index (Phi) is 3.99. The highest BCUT2D eigenvalue weighted by molar-refractivity contribution is 7.98. The normalized spacial score (nSPS) is 10.3. The maximum Gasteiger partial charge on any atom is 0.283 e. The van der Waals surface area contributed by atoms with Crippen LogP contribution in [-0.2, 0) is 5.75 Å². The summed E-state index contributed by atoms with van der Waals surface area (Å²) in [5.41, 5.74) is 2.26. The van der Waals surface area contributed by atoms with Crippen LogP contribution in [0, 0.1) is 17.0 Å². The van der Waals surface area contributed by atoms with E-state index in [1.54, 1.807) is 6.07 Å². The minimum Gasteiger partial charge on any atom is -0.258 e. The van der Waals surface area contributed by atoms with Crippen LogP contribution in [0.2, 0.25) is 0 Å². The van der Waals surface area contributed by atoms with E-state index in [0.717, 1.165) is 21.8 Å². The van der Waals surface area contributed by atoms with E-state index in [1.807, 2.05) is 49.4 Å². The summed E-state index contributed by atoms with van der Waals surface area (Å²) in [7, 11) is 0. The molecule has 0 unspecified atom stereocenters. The molecule has 2 aromatic carbocycles. The maximum atomic E-state index is 11.0. The molecule has 0 aliphatic rings. The molecule has 0 aliphatic heterocycles. The minimum absolute atomic E-state index is 0.191. The number of hydrogen-bond acceptors (Lipinski definition) is 3. The number of hydrogen-bond donors (Lipinski definition) is 0. The van der Waals surface area contributed by atoms with Crippen molar-refractivity contribution in [2.75, 3.05) is 0 Å². The number of aryl methyl sites for hydroxylation is 1. The smallest absolute Gasteiger partial charge is 0.258 e. The summed E-state index contributed by atoms with van der Waals surface area (Å²) in [5, 5.41) is 11.0. The number of benzene rings is 2. The molecule has 0 N–H and O–H groups in total. The molecule has 0 aromatic heterocycles. The monoisotopic (exact) mass is 259 g/mol. The van der Waals surface area contributed by atoms with Gasteiger partial charge in [-0.05, 0) is 24.1 Å². The summed E-state index contributed by atoms with van der Waals surface area (Å²) in [5.74, 6) is 0.741. The van der Waals surface area contributed by atoms with Gasteiger partial charge in [0.15, 0.2) is 0 Å². The van der Waals surface area contributed by atoms with Crippen LogP contribution < -0.4 is 0 Å². The van der Waals surface area contributed by atoms with Gasteiger partial charge in [0, 0.05) is 11.8 Å². The first-order chi connectivity index (χ1) is 8.66. The van der Waals surface area contributed by atoms with E-state index in [0.29, 0.717) is 0 Å². The van der Waals surface area contributed by atoms with Crippen LogP contribution in [-0.4, -0.2) is 4.92 Å². The Morgan fingerprint density at radius 1 is 1.17 bits per heavy atom. The molecular weight excluding hydrogens is 246 g/mol. The molecular formula is C14H13NO2S. The Morgan fingerprint density at radius 2 is 1.89 bits per heavy atom. The third kappa shape index (κ3) is 3.11. The van der Waals surface area contributed by atoms with Crippen molar-refractivity contribution in [1.82, 2.24) is 0 Å². The molecule has 0 fully saturated rings. The fraction of sp³-hybridized carbons (Fsp3) is 0.143. The standard InChI is InChI=1S/C14H13NO2S/c1-11-7-8-14(13(9-11)15(16)17)18-10-12-5-3-2-4-6-12/h2-9H,10H2,1H3. The molecule has 92 valence electrons. The predicted molar refractivity (Wildman–Crippen MR) is 73.8 cm³/mol. The Hall–Kier alpha value is -1.81. The Balaban J connectivity index is 2.17. The first kappa shape index (κ1) is 12.6. The largest absolute Gasteiger partial charge is 0.283 e. The van der Waals surface area contributed by atoms with Gasteiger partial charge in [0.1, 0.15) is 0 Å². The molecule has 0 amide bonds. The van der Waals surface area contributed by atoms with Crippen molar-refractivity contribution < 1.29 is 4.92 Å². The third-order valence-corrected chi connectivity index (χ3v) is 3.68. The maximum absolute atomic E-state index is 11.0. The molecule has 0 saturated heterocycles. The molecule has 0 saturated carbocycles. The Bertz CT molecular complexity index is 555. The first-order valence-electron chi connectivity index (χ1n) is 5.58. The van der Waals surface area contributed by atoms with Crippen LogP contribution >= 0.6 is 11.8 Å². The number of nitrogens with zero attached hydrogens (tertiary/aromatic N) is 1. The predicted octanol–water partition coefficient (Wildman–Crippen LogP) is 4.20. The molecule has 0 radical (unpaired) electrons. The lowest BCUT2D eigenvalue weighted by Crippen LogP contribution is -1.92. The second-order valence-electron chi connectivity index (χ2n) is 4.00. The number of nitro benzene ring substituents is 1. The van der Waals surface area contributed by atoms with Crippen LogP contribution in [0.25, 0.3) is 0 Å². The average molecular weight is 259 g/mol. The van der Waals surface area contributed by atoms with Crippen LogP contribution in [0.1, 0.15) is 11.1 Å². The van der Waals surface area contributed by atoms with Gasteiger partial charge in [-0.3, -0.25) is 10.1 Å².